The number of ether oxygens (including phenoxy) is 3. The molecule has 0 saturated carbocycles. The minimum absolute atomic E-state index is 0. The van der Waals surface area contributed by atoms with Gasteiger partial charge in [-0.3, -0.25) is 14.9 Å². The molecule has 3 amide bonds. The summed E-state index contributed by atoms with van der Waals surface area (Å²) in [5.74, 6) is -2.48. The first-order chi connectivity index (χ1) is 22.0. The third kappa shape index (κ3) is 8.89. The Hall–Kier alpha value is -2.29. The number of carbonyl (C=O) groups excluding carboxylic acids is 4. The Morgan fingerprint density at radius 1 is 1.29 bits per heavy atom. The number of benzene rings is 1. The van der Waals surface area contributed by atoms with Crippen molar-refractivity contribution in [2.75, 3.05) is 24.7 Å². The summed E-state index contributed by atoms with van der Waals surface area (Å²) in [6.45, 7) is 8.32. The Balaban J connectivity index is 0.00000625. The van der Waals surface area contributed by atoms with Gasteiger partial charge in [0.15, 0.2) is 0 Å². The van der Waals surface area contributed by atoms with E-state index in [9.17, 15) is 29.4 Å². The Labute approximate surface area is 312 Å². The quantitative estimate of drug-likeness (QED) is 0.153. The van der Waals surface area contributed by atoms with Gasteiger partial charge in [-0.1, -0.05) is 43.3 Å². The summed E-state index contributed by atoms with van der Waals surface area (Å²) in [6, 6.07) is 5.71. The number of likely N-dealkylation sites (N-methyl/N-ethyl adjacent to an activating group) is 1. The van der Waals surface area contributed by atoms with Crippen molar-refractivity contribution in [3.8, 4) is 0 Å². The van der Waals surface area contributed by atoms with Gasteiger partial charge in [-0.15, -0.1) is 11.6 Å². The monoisotopic (exact) mass is 761 g/mol. The summed E-state index contributed by atoms with van der Waals surface area (Å²) in [7, 11) is 3.05. The van der Waals surface area contributed by atoms with Gasteiger partial charge in [-0.2, -0.15) is 30.3 Å². The number of hydrogen-bond donors (Lipinski definition) is 4. The Morgan fingerprint density at radius 3 is 2.60 bits per heavy atom. The number of aliphatic hydroxyl groups is 2. The van der Waals surface area contributed by atoms with Crippen LogP contribution < -0.4 is 10.2 Å². The molecular formula is C34H46N3O9SY-. The van der Waals surface area contributed by atoms with E-state index in [2.05, 4.69) is 24.0 Å². The maximum absolute atomic E-state index is 13.9. The smallest absolute Gasteiger partial charge is 0.409 e. The number of hydrogen-bond acceptors (Lipinski definition) is 10. The van der Waals surface area contributed by atoms with Crippen LogP contribution in [0.5, 0.6) is 0 Å². The second-order valence-corrected chi connectivity index (χ2v) is 13.5. The zero-order valence-electron chi connectivity index (χ0n) is 28.6. The summed E-state index contributed by atoms with van der Waals surface area (Å²) in [5.41, 5.74) is -0.0314. The molecule has 2 fully saturated rings. The zero-order chi connectivity index (χ0) is 34.8. The van der Waals surface area contributed by atoms with Gasteiger partial charge in [0.05, 0.1) is 12.5 Å². The van der Waals surface area contributed by atoms with Crippen LogP contribution in [0.2, 0.25) is 0 Å². The maximum atomic E-state index is 13.9. The molecule has 4 bridgehead atoms. The second kappa shape index (κ2) is 16.2. The molecule has 0 spiro atoms. The number of alkyl carbamates (subject to hydrolysis) is 1. The summed E-state index contributed by atoms with van der Waals surface area (Å²) < 4.78 is 17.8. The van der Waals surface area contributed by atoms with Gasteiger partial charge < -0.3 is 34.2 Å². The zero-order valence-corrected chi connectivity index (χ0v) is 32.3. The van der Waals surface area contributed by atoms with Crippen molar-refractivity contribution in [2.45, 2.75) is 96.2 Å². The summed E-state index contributed by atoms with van der Waals surface area (Å²) in [4.78, 5) is 54.7. The SMILES string of the molecule is CC(=O)N(C)C(CS)C(=O)OC1CC(=O)N(C)c2[c-]c(CO)cc(c2)C/C(C)=C/C=C/C(C)C2(O)CC(OC(=O)N2)C(C)C2OC12C.[Y]. The van der Waals surface area contributed by atoms with Crippen LogP contribution in [-0.4, -0.2) is 94.5 Å². The molecule has 14 heteroatoms. The van der Waals surface area contributed by atoms with Crippen molar-refractivity contribution in [1.82, 2.24) is 10.2 Å². The van der Waals surface area contributed by atoms with Gasteiger partial charge in [-0.25, -0.2) is 9.59 Å². The maximum Gasteiger partial charge on any atom is 0.409 e. The number of esters is 1. The molecule has 261 valence electrons. The van der Waals surface area contributed by atoms with Gasteiger partial charge in [0, 0.05) is 84.3 Å². The van der Waals surface area contributed by atoms with Crippen molar-refractivity contribution in [1.29, 1.82) is 0 Å². The number of rotatable bonds is 5. The van der Waals surface area contributed by atoms with Crippen LogP contribution in [0.3, 0.4) is 0 Å². The number of epoxide rings is 1. The second-order valence-electron chi connectivity index (χ2n) is 13.1. The third-order valence-corrected chi connectivity index (χ3v) is 9.95. The Kier molecular flexibility index (Phi) is 13.5. The number of nitrogens with one attached hydrogen (secondary N) is 1. The number of thiol groups is 1. The first-order valence-corrected chi connectivity index (χ1v) is 16.4. The van der Waals surface area contributed by atoms with E-state index >= 15 is 0 Å². The molecule has 0 aromatic heterocycles. The van der Waals surface area contributed by atoms with Crippen molar-refractivity contribution in [3.05, 3.63) is 53.1 Å². The summed E-state index contributed by atoms with van der Waals surface area (Å²) >= 11 is 4.26. The fourth-order valence-electron chi connectivity index (χ4n) is 6.22. The van der Waals surface area contributed by atoms with E-state index in [1.54, 1.807) is 20.9 Å². The first-order valence-electron chi connectivity index (χ1n) is 15.7. The molecule has 3 N–H and O–H groups in total. The van der Waals surface area contributed by atoms with E-state index in [-0.39, 0.29) is 63.8 Å². The topological polar surface area (TPSA) is 158 Å². The van der Waals surface area contributed by atoms with E-state index in [0.717, 1.165) is 11.1 Å². The number of fused-ring (bicyclic) bond motifs is 5. The molecule has 8 atom stereocenters. The minimum Gasteiger partial charge on any atom is -0.457 e. The fourth-order valence-corrected chi connectivity index (χ4v) is 6.61. The van der Waals surface area contributed by atoms with Crippen molar-refractivity contribution >= 4 is 42.2 Å². The standard InChI is InChI=1S/C34H46N3O9S.Y/c1-19-9-8-10-20(2)34(43)16-27(44-32(42)35-34)21(3)30-33(5,46-30)28(45-31(41)26(18-47)36(6)22(4)39)15-29(40)37(7)25-13-23(11-19)12-24(14-25)17-38;/h8-10,12-13,20-21,26-28,30,38,43,47H,11,15-18H2,1-7H3,(H,35,42);/q-1;/b10-8+,19-9+;. The average Bonchev–Trinajstić information content (AvgIpc) is 3.71. The van der Waals surface area contributed by atoms with E-state index < -0.39 is 65.5 Å². The van der Waals surface area contributed by atoms with Crippen molar-refractivity contribution in [2.24, 2.45) is 11.8 Å². The molecular weight excluding hydrogens is 715 g/mol. The first kappa shape index (κ1) is 40.1. The van der Waals surface area contributed by atoms with Crippen LogP contribution in [0.4, 0.5) is 10.5 Å². The Morgan fingerprint density at radius 2 is 1.98 bits per heavy atom. The number of nitrogens with zero attached hydrogens (tertiary/aromatic N) is 2. The molecule has 0 aliphatic carbocycles. The predicted molar refractivity (Wildman–Crippen MR) is 176 cm³/mol. The molecule has 3 heterocycles. The average molecular weight is 762 g/mol. The molecule has 1 aromatic carbocycles. The van der Waals surface area contributed by atoms with Crippen molar-refractivity contribution < 1.29 is 76.3 Å². The summed E-state index contributed by atoms with van der Waals surface area (Å²) in [6.07, 6.45) is 2.58. The number of allylic oxidation sites excluding steroid dienone is 3. The summed E-state index contributed by atoms with van der Waals surface area (Å²) in [5, 5.41) is 24.1. The molecule has 3 aliphatic rings. The van der Waals surface area contributed by atoms with Crippen LogP contribution in [0.15, 0.2) is 35.9 Å². The molecule has 1 aromatic rings. The van der Waals surface area contributed by atoms with Crippen LogP contribution in [0.25, 0.3) is 0 Å². The molecule has 1 radical (unpaired) electrons. The molecule has 3 aliphatic heterocycles. The van der Waals surface area contributed by atoms with Gasteiger partial charge >= 0.3 is 12.1 Å². The van der Waals surface area contributed by atoms with Gasteiger partial charge in [-0.05, 0) is 20.3 Å². The van der Waals surface area contributed by atoms with Crippen LogP contribution in [0, 0.1) is 17.9 Å². The van der Waals surface area contributed by atoms with E-state index in [0.29, 0.717) is 17.7 Å². The van der Waals surface area contributed by atoms with Crippen LogP contribution in [-0.2, 0) is 74.3 Å². The minimum atomic E-state index is -1.61. The van der Waals surface area contributed by atoms with Gasteiger partial charge in [0.25, 0.3) is 0 Å². The number of anilines is 1. The molecule has 48 heavy (non-hydrogen) atoms. The van der Waals surface area contributed by atoms with E-state index in [1.165, 1.54) is 23.8 Å². The molecule has 12 nitrogen and oxygen atoms in total. The van der Waals surface area contributed by atoms with Crippen molar-refractivity contribution in [3.63, 3.8) is 0 Å². The largest absolute Gasteiger partial charge is 0.457 e. The molecule has 8 unspecified atom stereocenters. The predicted octanol–water partition coefficient (Wildman–Crippen LogP) is 2.69. The normalized spacial score (nSPS) is 33.0. The van der Waals surface area contributed by atoms with Crippen LogP contribution >= 0.6 is 12.6 Å². The Bertz CT molecular complexity index is 1460. The number of carbonyl (C=O) groups is 4. The number of aliphatic hydroxyl groups excluding tert-OH is 1. The number of amides is 3. The third-order valence-electron chi connectivity index (χ3n) is 9.60. The molecule has 2 saturated heterocycles. The van der Waals surface area contributed by atoms with Crippen LogP contribution in [0.1, 0.15) is 58.6 Å². The van der Waals surface area contributed by atoms with Gasteiger partial charge in [0.1, 0.15) is 29.6 Å². The molecule has 4 rings (SSSR count). The fraction of sp³-hybridized carbons (Fsp3) is 0.588. The van der Waals surface area contributed by atoms with E-state index in [1.807, 2.05) is 44.2 Å². The van der Waals surface area contributed by atoms with Gasteiger partial charge in [0.2, 0.25) is 11.8 Å². The van der Waals surface area contributed by atoms with E-state index in [4.69, 9.17) is 14.2 Å².